The third-order valence-corrected chi connectivity index (χ3v) is 6.46. The van der Waals surface area contributed by atoms with E-state index in [9.17, 15) is 0 Å². The number of fused-ring (bicyclic) bond motifs is 2. The minimum Gasteiger partial charge on any atom is -0.385 e. The van der Waals surface area contributed by atoms with E-state index in [0.29, 0.717) is 12.0 Å². The molecule has 0 aliphatic carbocycles. The van der Waals surface area contributed by atoms with Crippen LogP contribution in [0.2, 0.25) is 0 Å². The number of para-hydroxylation sites is 2. The topological polar surface area (TPSA) is 61.8 Å². The molecule has 0 amide bonds. The van der Waals surface area contributed by atoms with Crippen LogP contribution in [0.5, 0.6) is 0 Å². The Labute approximate surface area is 171 Å². The molecule has 2 N–H and O–H groups in total. The first-order valence-corrected chi connectivity index (χ1v) is 10.9. The predicted octanol–water partition coefficient (Wildman–Crippen LogP) is 4.10. The number of rotatable bonds is 5. The van der Waals surface area contributed by atoms with Gasteiger partial charge in [-0.1, -0.05) is 26.0 Å². The molecule has 7 heteroatoms. The van der Waals surface area contributed by atoms with Gasteiger partial charge in [0.05, 0.1) is 16.4 Å². The van der Waals surface area contributed by atoms with Gasteiger partial charge in [-0.15, -0.1) is 11.3 Å². The van der Waals surface area contributed by atoms with Crippen LogP contribution >= 0.6 is 11.3 Å². The molecule has 1 aromatic carbocycles. The quantitative estimate of drug-likeness (QED) is 0.741. The van der Waals surface area contributed by atoms with Crippen molar-refractivity contribution in [1.82, 2.24) is 15.2 Å². The third kappa shape index (κ3) is 4.06. The number of amidine groups is 1. The zero-order valence-electron chi connectivity index (χ0n) is 16.9. The van der Waals surface area contributed by atoms with Crippen LogP contribution in [-0.4, -0.2) is 55.1 Å². The van der Waals surface area contributed by atoms with Crippen molar-refractivity contribution in [2.75, 3.05) is 38.7 Å². The van der Waals surface area contributed by atoms with Gasteiger partial charge in [-0.25, -0.2) is 9.98 Å². The summed E-state index contributed by atoms with van der Waals surface area (Å²) in [5.41, 5.74) is 3.01. The van der Waals surface area contributed by atoms with Gasteiger partial charge in [-0.2, -0.15) is 0 Å². The van der Waals surface area contributed by atoms with Gasteiger partial charge in [-0.3, -0.25) is 0 Å². The van der Waals surface area contributed by atoms with Crippen LogP contribution in [0, 0.1) is 0 Å². The maximum absolute atomic E-state index is 5.22. The van der Waals surface area contributed by atoms with E-state index in [1.54, 1.807) is 18.4 Å². The van der Waals surface area contributed by atoms with Gasteiger partial charge in [0.2, 0.25) is 0 Å². The second kappa shape index (κ2) is 8.59. The molecule has 0 spiro atoms. The fourth-order valence-corrected chi connectivity index (χ4v) is 4.67. The SMILES string of the molecule is COCCCC1CN(C2=Nc3ccccc3Nc3sc(C(C)C)nc32)CCN1. The van der Waals surface area contributed by atoms with Crippen molar-refractivity contribution in [3.05, 3.63) is 35.0 Å². The van der Waals surface area contributed by atoms with Crippen molar-refractivity contribution >= 4 is 33.5 Å². The summed E-state index contributed by atoms with van der Waals surface area (Å²) in [6.07, 6.45) is 2.17. The molecule has 6 nitrogen and oxygen atoms in total. The second-order valence-corrected chi connectivity index (χ2v) is 8.72. The first-order valence-electron chi connectivity index (χ1n) is 10.1. The lowest BCUT2D eigenvalue weighted by Gasteiger charge is -2.35. The average molecular weight is 400 g/mol. The van der Waals surface area contributed by atoms with Crippen molar-refractivity contribution in [3.8, 4) is 0 Å². The highest BCUT2D eigenvalue weighted by Gasteiger charge is 2.29. The largest absolute Gasteiger partial charge is 0.385 e. The van der Waals surface area contributed by atoms with E-state index in [0.717, 1.165) is 72.0 Å². The Bertz CT molecular complexity index is 847. The van der Waals surface area contributed by atoms with Gasteiger partial charge < -0.3 is 20.3 Å². The molecule has 2 aromatic rings. The summed E-state index contributed by atoms with van der Waals surface area (Å²) < 4.78 is 5.22. The Morgan fingerprint density at radius 3 is 3.00 bits per heavy atom. The molecule has 1 atom stereocenters. The van der Waals surface area contributed by atoms with Crippen molar-refractivity contribution < 1.29 is 4.74 Å². The second-order valence-electron chi connectivity index (χ2n) is 7.69. The average Bonchev–Trinajstić information content (AvgIpc) is 3.05. The summed E-state index contributed by atoms with van der Waals surface area (Å²) in [6, 6.07) is 8.70. The number of anilines is 2. The highest BCUT2D eigenvalue weighted by Crippen LogP contribution is 2.39. The fraction of sp³-hybridized carbons (Fsp3) is 0.524. The highest BCUT2D eigenvalue weighted by molar-refractivity contribution is 7.16. The number of hydrogen-bond acceptors (Lipinski definition) is 7. The summed E-state index contributed by atoms with van der Waals surface area (Å²) >= 11 is 1.74. The van der Waals surface area contributed by atoms with Crippen molar-refractivity contribution in [1.29, 1.82) is 0 Å². The molecule has 1 fully saturated rings. The maximum Gasteiger partial charge on any atom is 0.158 e. The van der Waals surface area contributed by atoms with Crippen LogP contribution in [0.25, 0.3) is 0 Å². The summed E-state index contributed by atoms with van der Waals surface area (Å²) in [4.78, 5) is 12.5. The number of nitrogens with zero attached hydrogens (tertiary/aromatic N) is 3. The summed E-state index contributed by atoms with van der Waals surface area (Å²) in [7, 11) is 1.77. The highest BCUT2D eigenvalue weighted by atomic mass is 32.1. The maximum atomic E-state index is 5.22. The molecule has 150 valence electrons. The molecule has 1 aromatic heterocycles. The number of aliphatic imine (C=N–C) groups is 1. The lowest BCUT2D eigenvalue weighted by molar-refractivity contribution is 0.182. The standard InChI is InChI=1S/C21H29N5OS/c1-14(2)20-25-18-19(26-11-10-22-15(13-26)7-6-12-27-3)23-16-8-4-5-9-17(16)24-21(18)28-20/h4-5,8-9,14-15,22,24H,6-7,10-13H2,1-3H3. The Hall–Kier alpha value is -1.96. The van der Waals surface area contributed by atoms with Gasteiger partial charge in [0.15, 0.2) is 5.84 Å². The Morgan fingerprint density at radius 1 is 1.32 bits per heavy atom. The van der Waals surface area contributed by atoms with E-state index in [2.05, 4.69) is 41.5 Å². The molecule has 3 heterocycles. The van der Waals surface area contributed by atoms with Gasteiger partial charge in [0.25, 0.3) is 0 Å². The number of benzene rings is 1. The lowest BCUT2D eigenvalue weighted by atomic mass is 10.1. The summed E-state index contributed by atoms with van der Waals surface area (Å²) in [5.74, 6) is 1.40. The van der Waals surface area contributed by atoms with Gasteiger partial charge in [0, 0.05) is 45.3 Å². The van der Waals surface area contributed by atoms with Gasteiger partial charge in [0.1, 0.15) is 10.7 Å². The minimum absolute atomic E-state index is 0.403. The number of aromatic nitrogens is 1. The molecule has 0 bridgehead atoms. The van der Waals surface area contributed by atoms with Crippen LogP contribution in [0.3, 0.4) is 0 Å². The monoisotopic (exact) mass is 399 g/mol. The van der Waals surface area contributed by atoms with Crippen LogP contribution in [0.4, 0.5) is 16.4 Å². The van der Waals surface area contributed by atoms with Crippen LogP contribution < -0.4 is 10.6 Å². The zero-order chi connectivity index (χ0) is 19.5. The number of thiazole rings is 1. The number of piperazine rings is 1. The molecule has 0 radical (unpaired) electrons. The molecule has 2 aliphatic heterocycles. The molecule has 28 heavy (non-hydrogen) atoms. The first kappa shape index (κ1) is 19.4. The molecule has 0 saturated carbocycles. The molecular weight excluding hydrogens is 370 g/mol. The zero-order valence-corrected chi connectivity index (χ0v) is 17.7. The fourth-order valence-electron chi connectivity index (χ4n) is 3.69. The van der Waals surface area contributed by atoms with E-state index in [1.807, 2.05) is 12.1 Å². The van der Waals surface area contributed by atoms with E-state index in [4.69, 9.17) is 14.7 Å². The van der Waals surface area contributed by atoms with Crippen LogP contribution in [0.15, 0.2) is 29.3 Å². The van der Waals surface area contributed by atoms with Crippen LogP contribution in [0.1, 0.15) is 43.3 Å². The number of hydrogen-bond donors (Lipinski definition) is 2. The van der Waals surface area contributed by atoms with E-state index >= 15 is 0 Å². The minimum atomic E-state index is 0.403. The predicted molar refractivity (Wildman–Crippen MR) is 117 cm³/mol. The number of ether oxygens (including phenoxy) is 1. The third-order valence-electron chi connectivity index (χ3n) is 5.18. The normalized spacial score (nSPS) is 18.9. The van der Waals surface area contributed by atoms with Crippen molar-refractivity contribution in [3.63, 3.8) is 0 Å². The molecule has 1 saturated heterocycles. The van der Waals surface area contributed by atoms with Crippen molar-refractivity contribution in [2.24, 2.45) is 4.99 Å². The van der Waals surface area contributed by atoms with E-state index < -0.39 is 0 Å². The number of nitrogens with one attached hydrogen (secondary N) is 2. The summed E-state index contributed by atoms with van der Waals surface area (Å²) in [5, 5.41) is 9.47. The van der Waals surface area contributed by atoms with Crippen molar-refractivity contribution in [2.45, 2.75) is 38.6 Å². The lowest BCUT2D eigenvalue weighted by Crippen LogP contribution is -2.52. The summed E-state index contributed by atoms with van der Waals surface area (Å²) in [6.45, 7) is 8.04. The van der Waals surface area contributed by atoms with E-state index in [-0.39, 0.29) is 0 Å². The van der Waals surface area contributed by atoms with Gasteiger partial charge in [-0.05, 0) is 25.0 Å². The molecule has 1 unspecified atom stereocenters. The molecule has 4 rings (SSSR count). The first-order chi connectivity index (χ1) is 13.7. The smallest absolute Gasteiger partial charge is 0.158 e. The van der Waals surface area contributed by atoms with E-state index in [1.165, 1.54) is 0 Å². The van der Waals surface area contributed by atoms with Crippen LogP contribution in [-0.2, 0) is 4.74 Å². The van der Waals surface area contributed by atoms with Gasteiger partial charge >= 0.3 is 0 Å². The Balaban J connectivity index is 1.66. The molecular formula is C21H29N5OS. The Kier molecular flexibility index (Phi) is 5.94. The number of methoxy groups -OCH3 is 1. The molecule has 2 aliphatic rings. The Morgan fingerprint density at radius 2 is 2.18 bits per heavy atom.